The predicted octanol–water partition coefficient (Wildman–Crippen LogP) is 2.75. The Morgan fingerprint density at radius 2 is 1.91 bits per heavy atom. The summed E-state index contributed by atoms with van der Waals surface area (Å²) in [7, 11) is 0. The molecular weight excluding hydrogens is 296 g/mol. The standard InChI is InChI=1S/C16H10N4O3/c21-16-15-14(10-4-2-1-3-5-10)12-8-11(20(22)23)6-7-13(12)19(15)9-17-18-16/h1-9H,(H,18,21). The number of H-pyrrole nitrogens is 1. The molecule has 0 aliphatic rings. The Hall–Kier alpha value is -3.48. The molecule has 4 aromatic rings. The van der Waals surface area contributed by atoms with Crippen LogP contribution in [-0.4, -0.2) is 19.5 Å². The molecular formula is C16H10N4O3. The molecule has 23 heavy (non-hydrogen) atoms. The topological polar surface area (TPSA) is 93.3 Å². The first-order chi connectivity index (χ1) is 11.2. The highest BCUT2D eigenvalue weighted by Crippen LogP contribution is 2.35. The molecule has 1 N–H and O–H groups in total. The van der Waals surface area contributed by atoms with E-state index in [-0.39, 0.29) is 11.2 Å². The molecule has 0 aliphatic heterocycles. The Labute approximate surface area is 129 Å². The number of non-ortho nitro benzene ring substituents is 1. The minimum Gasteiger partial charge on any atom is -0.293 e. The largest absolute Gasteiger partial charge is 0.293 e. The zero-order chi connectivity index (χ0) is 16.0. The van der Waals surface area contributed by atoms with E-state index in [1.165, 1.54) is 18.5 Å². The second-order valence-electron chi connectivity index (χ2n) is 5.10. The molecule has 4 rings (SSSR count). The van der Waals surface area contributed by atoms with E-state index in [1.807, 2.05) is 30.3 Å². The number of hydrogen-bond acceptors (Lipinski definition) is 4. The van der Waals surface area contributed by atoms with E-state index < -0.39 is 4.92 Å². The van der Waals surface area contributed by atoms with Crippen LogP contribution in [0.4, 0.5) is 5.69 Å². The molecule has 2 heterocycles. The van der Waals surface area contributed by atoms with E-state index in [1.54, 1.807) is 10.5 Å². The highest BCUT2D eigenvalue weighted by atomic mass is 16.6. The van der Waals surface area contributed by atoms with Gasteiger partial charge in [0.05, 0.1) is 10.4 Å². The van der Waals surface area contributed by atoms with Crippen molar-refractivity contribution in [1.29, 1.82) is 0 Å². The van der Waals surface area contributed by atoms with Gasteiger partial charge in [-0.3, -0.25) is 19.3 Å². The molecule has 0 bridgehead atoms. The lowest BCUT2D eigenvalue weighted by molar-refractivity contribution is -0.384. The average molecular weight is 306 g/mol. The Morgan fingerprint density at radius 3 is 2.65 bits per heavy atom. The van der Waals surface area contributed by atoms with Gasteiger partial charge in [0, 0.05) is 23.1 Å². The summed E-state index contributed by atoms with van der Waals surface area (Å²) in [5.41, 5.74) is 2.23. The Balaban J connectivity index is 2.25. The SMILES string of the molecule is O=c1[nH]ncn2c1c(-c1ccccc1)c1cc([N+](=O)[O-])ccc12. The van der Waals surface area contributed by atoms with Crippen LogP contribution in [0.1, 0.15) is 0 Å². The van der Waals surface area contributed by atoms with Gasteiger partial charge in [0.25, 0.3) is 11.2 Å². The van der Waals surface area contributed by atoms with Gasteiger partial charge < -0.3 is 0 Å². The van der Waals surface area contributed by atoms with Crippen LogP contribution in [0.5, 0.6) is 0 Å². The normalized spacial score (nSPS) is 11.1. The van der Waals surface area contributed by atoms with Gasteiger partial charge in [0.15, 0.2) is 0 Å². The van der Waals surface area contributed by atoms with Gasteiger partial charge in [-0.15, -0.1) is 0 Å². The van der Waals surface area contributed by atoms with E-state index in [0.717, 1.165) is 5.56 Å². The molecule has 2 aromatic heterocycles. The first kappa shape index (κ1) is 13.2. The maximum atomic E-state index is 12.3. The molecule has 7 heteroatoms. The first-order valence-electron chi connectivity index (χ1n) is 6.88. The monoisotopic (exact) mass is 306 g/mol. The van der Waals surface area contributed by atoms with Gasteiger partial charge in [-0.1, -0.05) is 30.3 Å². The highest BCUT2D eigenvalue weighted by Gasteiger charge is 2.19. The number of hydrogen-bond donors (Lipinski definition) is 1. The van der Waals surface area contributed by atoms with Crippen LogP contribution in [-0.2, 0) is 0 Å². The van der Waals surface area contributed by atoms with Gasteiger partial charge in [0.2, 0.25) is 0 Å². The fourth-order valence-corrected chi connectivity index (χ4v) is 2.85. The van der Waals surface area contributed by atoms with E-state index in [2.05, 4.69) is 10.2 Å². The van der Waals surface area contributed by atoms with Gasteiger partial charge in [-0.25, -0.2) is 5.10 Å². The van der Waals surface area contributed by atoms with Crippen LogP contribution >= 0.6 is 0 Å². The molecule has 0 saturated heterocycles. The number of aromatic nitrogens is 3. The van der Waals surface area contributed by atoms with Crippen molar-refractivity contribution >= 4 is 22.1 Å². The molecule has 2 aromatic carbocycles. The first-order valence-corrected chi connectivity index (χ1v) is 6.88. The summed E-state index contributed by atoms with van der Waals surface area (Å²) in [6.07, 6.45) is 1.50. The zero-order valence-electron chi connectivity index (χ0n) is 11.8. The third-order valence-corrected chi connectivity index (χ3v) is 3.81. The second-order valence-corrected chi connectivity index (χ2v) is 5.10. The molecule has 0 radical (unpaired) electrons. The molecule has 0 saturated carbocycles. The van der Waals surface area contributed by atoms with Crippen molar-refractivity contribution in [1.82, 2.24) is 14.6 Å². The van der Waals surface area contributed by atoms with E-state index in [9.17, 15) is 14.9 Å². The average Bonchev–Trinajstić information content (AvgIpc) is 2.91. The van der Waals surface area contributed by atoms with Crippen molar-refractivity contribution < 1.29 is 4.92 Å². The van der Waals surface area contributed by atoms with Crippen LogP contribution in [0, 0.1) is 10.1 Å². The lowest BCUT2D eigenvalue weighted by atomic mass is 10.0. The summed E-state index contributed by atoms with van der Waals surface area (Å²) in [4.78, 5) is 22.9. The van der Waals surface area contributed by atoms with Crippen molar-refractivity contribution in [2.45, 2.75) is 0 Å². The maximum absolute atomic E-state index is 12.3. The van der Waals surface area contributed by atoms with Crippen LogP contribution in [0.15, 0.2) is 59.7 Å². The lowest BCUT2D eigenvalue weighted by Gasteiger charge is -2.00. The maximum Gasteiger partial charge on any atom is 0.289 e. The third kappa shape index (κ3) is 1.90. The number of fused-ring (bicyclic) bond motifs is 3. The Kier molecular flexibility index (Phi) is 2.74. The van der Waals surface area contributed by atoms with Crippen molar-refractivity contribution in [3.8, 4) is 11.1 Å². The molecule has 0 spiro atoms. The van der Waals surface area contributed by atoms with Crippen LogP contribution in [0.2, 0.25) is 0 Å². The zero-order valence-corrected chi connectivity index (χ0v) is 11.8. The van der Waals surface area contributed by atoms with E-state index in [0.29, 0.717) is 22.0 Å². The number of nitro benzene ring substituents is 1. The Morgan fingerprint density at radius 1 is 1.13 bits per heavy atom. The predicted molar refractivity (Wildman–Crippen MR) is 85.4 cm³/mol. The number of rotatable bonds is 2. The summed E-state index contributed by atoms with van der Waals surface area (Å²) in [6, 6.07) is 13.9. The molecule has 7 nitrogen and oxygen atoms in total. The highest BCUT2D eigenvalue weighted by molar-refractivity contribution is 6.06. The minimum absolute atomic E-state index is 0.0185. The Bertz CT molecular complexity index is 1110. The fraction of sp³-hybridized carbons (Fsp3) is 0. The van der Waals surface area contributed by atoms with Gasteiger partial charge in [-0.2, -0.15) is 5.10 Å². The van der Waals surface area contributed by atoms with Gasteiger partial charge in [-0.05, 0) is 11.6 Å². The smallest absolute Gasteiger partial charge is 0.289 e. The van der Waals surface area contributed by atoms with E-state index >= 15 is 0 Å². The van der Waals surface area contributed by atoms with Crippen molar-refractivity contribution in [3.63, 3.8) is 0 Å². The second kappa shape index (κ2) is 4.77. The molecule has 0 amide bonds. The molecule has 112 valence electrons. The van der Waals surface area contributed by atoms with Crippen LogP contribution < -0.4 is 5.56 Å². The summed E-state index contributed by atoms with van der Waals surface area (Å²) in [5.74, 6) is 0. The summed E-state index contributed by atoms with van der Waals surface area (Å²) >= 11 is 0. The molecule has 0 unspecified atom stereocenters. The van der Waals surface area contributed by atoms with Crippen LogP contribution in [0.25, 0.3) is 27.5 Å². The number of benzene rings is 2. The van der Waals surface area contributed by atoms with Gasteiger partial charge in [0.1, 0.15) is 11.8 Å². The van der Waals surface area contributed by atoms with Crippen LogP contribution in [0.3, 0.4) is 0 Å². The number of nitrogens with one attached hydrogen (secondary N) is 1. The molecule has 0 fully saturated rings. The number of nitrogens with zero attached hydrogens (tertiary/aromatic N) is 3. The van der Waals surface area contributed by atoms with Crippen molar-refractivity contribution in [2.24, 2.45) is 0 Å². The van der Waals surface area contributed by atoms with Crippen molar-refractivity contribution in [2.75, 3.05) is 0 Å². The number of aromatic amines is 1. The molecule has 0 atom stereocenters. The lowest BCUT2D eigenvalue weighted by Crippen LogP contribution is -2.11. The van der Waals surface area contributed by atoms with E-state index in [4.69, 9.17) is 0 Å². The summed E-state index contributed by atoms with van der Waals surface area (Å²) < 4.78 is 1.65. The number of nitro groups is 1. The van der Waals surface area contributed by atoms with Gasteiger partial charge >= 0.3 is 0 Å². The fourth-order valence-electron chi connectivity index (χ4n) is 2.85. The quantitative estimate of drug-likeness (QED) is 0.455. The summed E-state index contributed by atoms with van der Waals surface area (Å²) in [5, 5.41) is 18.0. The van der Waals surface area contributed by atoms with Crippen molar-refractivity contribution in [3.05, 3.63) is 75.3 Å². The minimum atomic E-state index is -0.445. The summed E-state index contributed by atoms with van der Waals surface area (Å²) in [6.45, 7) is 0. The third-order valence-electron chi connectivity index (χ3n) is 3.81. The molecule has 0 aliphatic carbocycles.